The molecule has 0 spiro atoms. The molecule has 3 aromatic heterocycles. The zero-order chi connectivity index (χ0) is 23.1. The van der Waals surface area contributed by atoms with Gasteiger partial charge >= 0.3 is 0 Å². The summed E-state index contributed by atoms with van der Waals surface area (Å²) < 4.78 is 28.5. The lowest BCUT2D eigenvalue weighted by molar-refractivity contribution is 0.0653. The third-order valence-corrected chi connectivity index (χ3v) is 6.30. The lowest BCUT2D eigenvalue weighted by Gasteiger charge is -2.26. The lowest BCUT2D eigenvalue weighted by Crippen LogP contribution is -2.37. The zero-order valence-corrected chi connectivity index (χ0v) is 18.3. The molecule has 4 aromatic rings. The molecule has 1 fully saturated rings. The summed E-state index contributed by atoms with van der Waals surface area (Å²) in [7, 11) is 0. The van der Waals surface area contributed by atoms with Crippen molar-refractivity contribution in [3.63, 3.8) is 0 Å². The second-order valence-electron chi connectivity index (χ2n) is 8.28. The number of pyridine rings is 1. The molecule has 0 bridgehead atoms. The number of hydrogen-bond acceptors (Lipinski definition) is 7. The smallest absolute Gasteiger partial charge is 0.225 e. The Balaban J connectivity index is 1.43. The molecule has 0 N–H and O–H groups in total. The molecule has 1 atom stereocenters. The number of benzene rings is 1. The third kappa shape index (κ3) is 3.48. The van der Waals surface area contributed by atoms with Crippen LogP contribution < -0.4 is 4.90 Å². The Morgan fingerprint density at radius 2 is 1.88 bits per heavy atom. The van der Waals surface area contributed by atoms with Crippen molar-refractivity contribution in [1.29, 1.82) is 5.26 Å². The highest BCUT2D eigenvalue weighted by molar-refractivity contribution is 5.65. The van der Waals surface area contributed by atoms with E-state index in [1.165, 1.54) is 6.07 Å². The van der Waals surface area contributed by atoms with Crippen LogP contribution in [0.5, 0.6) is 0 Å². The average Bonchev–Trinajstić information content (AvgIpc) is 3.26. The fourth-order valence-electron chi connectivity index (χ4n) is 4.61. The fourth-order valence-corrected chi connectivity index (χ4v) is 4.61. The van der Waals surface area contributed by atoms with Crippen LogP contribution in [0.15, 0.2) is 48.9 Å². The summed E-state index contributed by atoms with van der Waals surface area (Å²) in [5.74, 6) is 0.211. The number of hydrogen-bond donors (Lipinski definition) is 0. The number of fused-ring (bicyclic) bond motifs is 3. The Kier molecular flexibility index (Phi) is 5.17. The number of nitrogens with zero attached hydrogens (tertiary/aromatic N) is 6. The van der Waals surface area contributed by atoms with Gasteiger partial charge in [0.1, 0.15) is 17.6 Å². The third-order valence-electron chi connectivity index (χ3n) is 6.30. The van der Waals surface area contributed by atoms with Gasteiger partial charge in [0.15, 0.2) is 0 Å². The van der Waals surface area contributed by atoms with Gasteiger partial charge in [0, 0.05) is 60.9 Å². The Labute approximate surface area is 195 Å². The molecule has 2 aliphatic rings. The van der Waals surface area contributed by atoms with E-state index >= 15 is 4.39 Å². The van der Waals surface area contributed by atoms with Gasteiger partial charge in [0.2, 0.25) is 5.95 Å². The Bertz CT molecular complexity index is 1410. The molecule has 0 radical (unpaired) electrons. The van der Waals surface area contributed by atoms with Gasteiger partial charge in [-0.15, -0.1) is 0 Å². The van der Waals surface area contributed by atoms with Crippen LogP contribution in [0, 0.1) is 17.1 Å². The van der Waals surface area contributed by atoms with Crippen LogP contribution in [-0.2, 0) is 15.9 Å². The molecule has 5 heterocycles. The van der Waals surface area contributed by atoms with Crippen molar-refractivity contribution < 1.29 is 13.9 Å². The van der Waals surface area contributed by atoms with E-state index in [1.54, 1.807) is 24.7 Å². The number of imidazole rings is 1. The van der Waals surface area contributed by atoms with E-state index in [0.29, 0.717) is 54.5 Å². The molecule has 9 heteroatoms. The second-order valence-corrected chi connectivity index (χ2v) is 8.28. The van der Waals surface area contributed by atoms with Gasteiger partial charge in [-0.25, -0.2) is 19.3 Å². The molecule has 1 saturated heterocycles. The summed E-state index contributed by atoms with van der Waals surface area (Å²) in [6.07, 6.45) is 5.17. The normalized spacial score (nSPS) is 18.0. The van der Waals surface area contributed by atoms with E-state index in [2.05, 4.69) is 21.0 Å². The first-order valence-corrected chi connectivity index (χ1v) is 11.2. The van der Waals surface area contributed by atoms with E-state index in [-0.39, 0.29) is 0 Å². The molecular formula is C25H21FN6O2. The topological polar surface area (TPSA) is 88.6 Å². The monoisotopic (exact) mass is 456 g/mol. The summed E-state index contributed by atoms with van der Waals surface area (Å²) in [5.41, 5.74) is 4.43. The number of nitriles is 1. The molecule has 1 aromatic carbocycles. The van der Waals surface area contributed by atoms with Gasteiger partial charge in [0.05, 0.1) is 42.8 Å². The molecule has 6 rings (SSSR count). The van der Waals surface area contributed by atoms with Gasteiger partial charge in [0.25, 0.3) is 0 Å². The average molecular weight is 456 g/mol. The number of morpholine rings is 1. The number of ether oxygens (including phenoxy) is 2. The minimum atomic E-state index is -0.465. The van der Waals surface area contributed by atoms with Crippen LogP contribution in [0.1, 0.15) is 28.6 Å². The molecular weight excluding hydrogens is 435 g/mol. The molecule has 2 aliphatic heterocycles. The van der Waals surface area contributed by atoms with E-state index in [0.717, 1.165) is 30.0 Å². The van der Waals surface area contributed by atoms with Gasteiger partial charge in [-0.3, -0.25) is 4.40 Å². The summed E-state index contributed by atoms with van der Waals surface area (Å²) in [5, 5.41) is 9.60. The predicted molar refractivity (Wildman–Crippen MR) is 122 cm³/mol. The van der Waals surface area contributed by atoms with Gasteiger partial charge < -0.3 is 14.4 Å². The van der Waals surface area contributed by atoms with Crippen LogP contribution in [0.3, 0.4) is 0 Å². The highest BCUT2D eigenvalue weighted by atomic mass is 19.1. The molecule has 170 valence electrons. The lowest BCUT2D eigenvalue weighted by atomic mass is 9.97. The number of halogens is 1. The summed E-state index contributed by atoms with van der Waals surface area (Å²) >= 11 is 0. The SMILES string of the molecule is N#Cc1ccccc1C1OCCc2nc3cc(F)c(-c4cnc(N5CCOCC5)nc4)cn3c21. The summed E-state index contributed by atoms with van der Waals surface area (Å²) in [4.78, 5) is 15.6. The van der Waals surface area contributed by atoms with E-state index < -0.39 is 11.9 Å². The molecule has 1 unspecified atom stereocenters. The van der Waals surface area contributed by atoms with Crippen LogP contribution in [0.4, 0.5) is 10.3 Å². The summed E-state index contributed by atoms with van der Waals surface area (Å²) in [6.45, 7) is 3.22. The molecule has 0 saturated carbocycles. The van der Waals surface area contributed by atoms with E-state index in [4.69, 9.17) is 9.47 Å². The maximum absolute atomic E-state index is 15.2. The Morgan fingerprint density at radius 3 is 2.68 bits per heavy atom. The van der Waals surface area contributed by atoms with Gasteiger partial charge in [-0.2, -0.15) is 5.26 Å². The number of aromatic nitrogens is 4. The van der Waals surface area contributed by atoms with Crippen molar-refractivity contribution in [2.75, 3.05) is 37.8 Å². The van der Waals surface area contributed by atoms with Crippen LogP contribution >= 0.6 is 0 Å². The molecule has 0 aliphatic carbocycles. The van der Waals surface area contributed by atoms with E-state index in [9.17, 15) is 5.26 Å². The maximum Gasteiger partial charge on any atom is 0.225 e. The quantitative estimate of drug-likeness (QED) is 0.467. The highest BCUT2D eigenvalue weighted by Crippen LogP contribution is 2.36. The summed E-state index contributed by atoms with van der Waals surface area (Å²) in [6, 6.07) is 11.0. The second kappa shape index (κ2) is 8.48. The first-order valence-electron chi connectivity index (χ1n) is 11.2. The Hall–Kier alpha value is -3.87. The standard InChI is InChI=1S/C25H21FN6O2/c26-20-11-22-30-21-5-8-34-24(18-4-2-1-3-16(18)12-27)23(21)32(22)15-19(20)17-13-28-25(29-14-17)31-6-9-33-10-7-31/h1-4,11,13-15,24H,5-10H2. The first-order chi connectivity index (χ1) is 16.7. The number of rotatable bonds is 3. The highest BCUT2D eigenvalue weighted by Gasteiger charge is 2.30. The minimum absolute atomic E-state index is 0.374. The maximum atomic E-state index is 15.2. The molecule has 0 amide bonds. The van der Waals surface area contributed by atoms with Crippen molar-refractivity contribution in [2.24, 2.45) is 0 Å². The van der Waals surface area contributed by atoms with Crippen LogP contribution in [0.2, 0.25) is 0 Å². The van der Waals surface area contributed by atoms with Crippen molar-refractivity contribution in [1.82, 2.24) is 19.4 Å². The molecule has 8 nitrogen and oxygen atoms in total. The first kappa shape index (κ1) is 20.7. The predicted octanol–water partition coefficient (Wildman–Crippen LogP) is 3.30. The van der Waals surface area contributed by atoms with Crippen molar-refractivity contribution in [3.8, 4) is 17.2 Å². The van der Waals surface area contributed by atoms with Crippen molar-refractivity contribution >= 4 is 11.6 Å². The number of anilines is 1. The fraction of sp³-hybridized carbons (Fsp3) is 0.280. The van der Waals surface area contributed by atoms with Crippen molar-refractivity contribution in [2.45, 2.75) is 12.5 Å². The largest absolute Gasteiger partial charge is 0.378 e. The van der Waals surface area contributed by atoms with E-state index in [1.807, 2.05) is 27.5 Å². The Morgan fingerprint density at radius 1 is 1.09 bits per heavy atom. The van der Waals surface area contributed by atoms with Gasteiger partial charge in [-0.1, -0.05) is 18.2 Å². The molecule has 34 heavy (non-hydrogen) atoms. The van der Waals surface area contributed by atoms with Gasteiger partial charge in [-0.05, 0) is 6.07 Å². The van der Waals surface area contributed by atoms with Crippen LogP contribution in [0.25, 0.3) is 16.8 Å². The van der Waals surface area contributed by atoms with Crippen molar-refractivity contribution in [3.05, 3.63) is 77.3 Å². The minimum Gasteiger partial charge on any atom is -0.378 e. The zero-order valence-electron chi connectivity index (χ0n) is 18.3. The van der Waals surface area contributed by atoms with Crippen LogP contribution in [-0.4, -0.2) is 52.3 Å².